The van der Waals surface area contributed by atoms with Gasteiger partial charge in [0.25, 0.3) is 0 Å². The predicted octanol–water partition coefficient (Wildman–Crippen LogP) is 8.04. The Morgan fingerprint density at radius 3 is 1.56 bits per heavy atom. The molecule has 34 heavy (non-hydrogen) atoms. The van der Waals surface area contributed by atoms with Crippen LogP contribution < -0.4 is 0 Å². The molecule has 0 N–H and O–H groups in total. The average Bonchev–Trinajstić information content (AvgIpc) is 2.72. The van der Waals surface area contributed by atoms with Crippen LogP contribution in [-0.4, -0.2) is 17.2 Å². The Kier molecular flexibility index (Phi) is 6.98. The number of benzene rings is 1. The number of nitrogens with zero attached hydrogens (tertiary/aromatic N) is 2. The molecule has 2 aliphatic rings. The number of carbonyl (C=O) groups excluding carboxylic acids is 1. The molecule has 0 fully saturated rings. The molecular formula is C31H38N2O. The highest BCUT2D eigenvalue weighted by atomic mass is 16.1. The number of hydrogen-bond acceptors (Lipinski definition) is 3. The smallest absolute Gasteiger partial charge is 0.186 e. The quantitative estimate of drug-likeness (QED) is 0.417. The topological polar surface area (TPSA) is 41.8 Å². The molecular weight excluding hydrogens is 416 g/mol. The largest absolute Gasteiger partial charge is 0.289 e. The third-order valence-electron chi connectivity index (χ3n) is 5.93. The number of aliphatic imine (C=N–C) groups is 2. The molecule has 0 saturated heterocycles. The van der Waals surface area contributed by atoms with Gasteiger partial charge in [0, 0.05) is 17.3 Å². The van der Waals surface area contributed by atoms with Gasteiger partial charge >= 0.3 is 0 Å². The van der Waals surface area contributed by atoms with Crippen molar-refractivity contribution >= 4 is 22.9 Å². The van der Waals surface area contributed by atoms with Crippen LogP contribution in [0.15, 0.2) is 93.6 Å². The Labute approximate surface area is 205 Å². The zero-order valence-electron chi connectivity index (χ0n) is 22.2. The third kappa shape index (κ3) is 6.28. The van der Waals surface area contributed by atoms with Crippen molar-refractivity contribution in [1.29, 1.82) is 0 Å². The van der Waals surface area contributed by atoms with Crippen molar-refractivity contribution in [3.8, 4) is 0 Å². The van der Waals surface area contributed by atoms with Crippen LogP contribution in [0.5, 0.6) is 0 Å². The molecule has 0 radical (unpaired) electrons. The minimum absolute atomic E-state index is 0.132. The van der Waals surface area contributed by atoms with Crippen LogP contribution in [0.2, 0.25) is 0 Å². The summed E-state index contributed by atoms with van der Waals surface area (Å²) in [6.07, 6.45) is 13.7. The second-order valence-electron chi connectivity index (χ2n) is 12.1. The van der Waals surface area contributed by atoms with E-state index in [-0.39, 0.29) is 22.0 Å². The van der Waals surface area contributed by atoms with Crippen LogP contribution in [0.25, 0.3) is 0 Å². The van der Waals surface area contributed by atoms with Crippen LogP contribution >= 0.6 is 0 Å². The first kappa shape index (κ1) is 25.6. The lowest BCUT2D eigenvalue weighted by molar-refractivity contribution is -0.114. The van der Waals surface area contributed by atoms with Crippen molar-refractivity contribution in [1.82, 2.24) is 0 Å². The molecule has 0 amide bonds. The molecule has 178 valence electrons. The lowest BCUT2D eigenvalue weighted by Gasteiger charge is -2.31. The number of ketones is 1. The van der Waals surface area contributed by atoms with Crippen molar-refractivity contribution in [2.24, 2.45) is 20.8 Å². The SMILES string of the molecule is CC(C)(C)C1=CC(=CN=C2C=CC(=Nc3ccc(C(C)(C)C)cc3)C=C2)C=C(C(C)(C)C)C1=O. The van der Waals surface area contributed by atoms with Crippen molar-refractivity contribution in [2.45, 2.75) is 67.7 Å². The van der Waals surface area contributed by atoms with E-state index in [2.05, 4.69) is 91.6 Å². The monoisotopic (exact) mass is 454 g/mol. The van der Waals surface area contributed by atoms with E-state index < -0.39 is 0 Å². The zero-order chi connectivity index (χ0) is 25.3. The minimum Gasteiger partial charge on any atom is -0.289 e. The molecule has 0 bridgehead atoms. The second kappa shape index (κ2) is 9.29. The minimum atomic E-state index is -0.227. The van der Waals surface area contributed by atoms with E-state index in [0.717, 1.165) is 33.8 Å². The highest BCUT2D eigenvalue weighted by molar-refractivity contribution is 6.19. The van der Waals surface area contributed by atoms with E-state index in [9.17, 15) is 4.79 Å². The highest BCUT2D eigenvalue weighted by Crippen LogP contribution is 2.38. The summed E-state index contributed by atoms with van der Waals surface area (Å²) < 4.78 is 0. The van der Waals surface area contributed by atoms with Gasteiger partial charge in [-0.1, -0.05) is 74.4 Å². The van der Waals surface area contributed by atoms with E-state index in [1.165, 1.54) is 5.56 Å². The molecule has 2 aliphatic carbocycles. The van der Waals surface area contributed by atoms with Gasteiger partial charge in [-0.2, -0.15) is 0 Å². The Morgan fingerprint density at radius 1 is 0.647 bits per heavy atom. The van der Waals surface area contributed by atoms with E-state index in [0.29, 0.717) is 0 Å². The molecule has 1 aromatic rings. The summed E-state index contributed by atoms with van der Waals surface area (Å²) in [4.78, 5) is 22.5. The fraction of sp³-hybridized carbons (Fsp3) is 0.387. The van der Waals surface area contributed by atoms with Gasteiger partial charge in [0.2, 0.25) is 0 Å². The molecule has 3 rings (SSSR count). The van der Waals surface area contributed by atoms with Gasteiger partial charge in [-0.3, -0.25) is 9.79 Å². The van der Waals surface area contributed by atoms with E-state index in [1.54, 1.807) is 0 Å². The summed E-state index contributed by atoms with van der Waals surface area (Å²) in [5.74, 6) is 0.138. The first-order valence-corrected chi connectivity index (χ1v) is 12.0. The lowest BCUT2D eigenvalue weighted by atomic mass is 9.72. The van der Waals surface area contributed by atoms with Crippen LogP contribution in [-0.2, 0) is 10.2 Å². The number of Topliss-reactive ketones (excluding diaryl/α,β-unsaturated/α-hetero) is 1. The Morgan fingerprint density at radius 2 is 1.12 bits per heavy atom. The van der Waals surface area contributed by atoms with E-state index in [1.807, 2.05) is 42.7 Å². The van der Waals surface area contributed by atoms with Gasteiger partial charge in [0.1, 0.15) is 0 Å². The summed E-state index contributed by atoms with van der Waals surface area (Å²) in [6, 6.07) is 8.41. The van der Waals surface area contributed by atoms with Crippen LogP contribution in [0, 0.1) is 10.8 Å². The van der Waals surface area contributed by atoms with Gasteiger partial charge in [-0.05, 0) is 76.0 Å². The average molecular weight is 455 g/mol. The number of allylic oxidation sites excluding steroid dienone is 9. The van der Waals surface area contributed by atoms with Crippen molar-refractivity contribution in [2.75, 3.05) is 0 Å². The molecule has 0 aromatic heterocycles. The van der Waals surface area contributed by atoms with E-state index >= 15 is 0 Å². The molecule has 3 heteroatoms. The molecule has 0 saturated carbocycles. The summed E-state index contributed by atoms with van der Waals surface area (Å²) in [7, 11) is 0. The maximum atomic E-state index is 13.1. The maximum absolute atomic E-state index is 13.1. The lowest BCUT2D eigenvalue weighted by Crippen LogP contribution is -2.27. The summed E-state index contributed by atoms with van der Waals surface area (Å²) in [5.41, 5.74) is 6.25. The summed E-state index contributed by atoms with van der Waals surface area (Å²) in [6.45, 7) is 19.1. The summed E-state index contributed by atoms with van der Waals surface area (Å²) in [5, 5.41) is 0. The Balaban J connectivity index is 1.83. The molecule has 0 spiro atoms. The van der Waals surface area contributed by atoms with Crippen LogP contribution in [0.4, 0.5) is 5.69 Å². The van der Waals surface area contributed by atoms with Crippen molar-refractivity contribution < 1.29 is 4.79 Å². The summed E-state index contributed by atoms with van der Waals surface area (Å²) >= 11 is 0. The highest BCUT2D eigenvalue weighted by Gasteiger charge is 2.33. The van der Waals surface area contributed by atoms with Gasteiger partial charge in [-0.15, -0.1) is 0 Å². The maximum Gasteiger partial charge on any atom is 0.186 e. The van der Waals surface area contributed by atoms with Gasteiger partial charge < -0.3 is 0 Å². The fourth-order valence-electron chi connectivity index (χ4n) is 3.79. The molecule has 3 nitrogen and oxygen atoms in total. The van der Waals surface area contributed by atoms with Gasteiger partial charge in [-0.25, -0.2) is 4.99 Å². The van der Waals surface area contributed by atoms with Crippen molar-refractivity contribution in [3.63, 3.8) is 0 Å². The number of hydrogen-bond donors (Lipinski definition) is 0. The number of carbonyl (C=O) groups is 1. The molecule has 0 heterocycles. The molecule has 0 aliphatic heterocycles. The third-order valence-corrected chi connectivity index (χ3v) is 5.93. The van der Waals surface area contributed by atoms with Crippen molar-refractivity contribution in [3.05, 3.63) is 89.2 Å². The number of rotatable bonds is 2. The molecule has 1 aromatic carbocycles. The second-order valence-corrected chi connectivity index (χ2v) is 12.1. The normalized spacial score (nSPS) is 17.0. The zero-order valence-corrected chi connectivity index (χ0v) is 22.2. The Bertz CT molecular complexity index is 1120. The first-order valence-electron chi connectivity index (χ1n) is 12.0. The standard InChI is InChI=1S/C31H38N2O/c1-29(2,3)22-10-12-24(13-11-22)33-25-16-14-23(15-17-25)32-20-21-18-26(30(4,5)6)28(34)27(19-21)31(7,8)9/h10-20H,1-9H3. The fourth-order valence-corrected chi connectivity index (χ4v) is 3.79. The van der Waals surface area contributed by atoms with Crippen LogP contribution in [0.3, 0.4) is 0 Å². The van der Waals surface area contributed by atoms with E-state index in [4.69, 9.17) is 4.99 Å². The van der Waals surface area contributed by atoms with Crippen LogP contribution in [0.1, 0.15) is 67.9 Å². The predicted molar refractivity (Wildman–Crippen MR) is 146 cm³/mol. The molecule has 0 unspecified atom stereocenters. The Hall–Kier alpha value is -3.07. The van der Waals surface area contributed by atoms with Gasteiger partial charge in [0.05, 0.1) is 17.1 Å². The van der Waals surface area contributed by atoms with Gasteiger partial charge in [0.15, 0.2) is 5.78 Å². The molecule has 0 atom stereocenters. The first-order chi connectivity index (χ1) is 15.6.